The van der Waals surface area contributed by atoms with Gasteiger partial charge in [0.15, 0.2) is 5.69 Å². The SMILES string of the molecule is CCC(CCO)CNC(=O)c1cc(C)n(-c2ccc(C)cc2)n1. The van der Waals surface area contributed by atoms with Crippen LogP contribution in [0.4, 0.5) is 0 Å². The number of hydrogen-bond donors (Lipinski definition) is 2. The van der Waals surface area contributed by atoms with Gasteiger partial charge >= 0.3 is 0 Å². The fourth-order valence-corrected chi connectivity index (χ4v) is 2.49. The number of hydrogen-bond acceptors (Lipinski definition) is 3. The number of nitrogens with one attached hydrogen (secondary N) is 1. The van der Waals surface area contributed by atoms with Crippen LogP contribution in [0, 0.1) is 19.8 Å². The number of aromatic nitrogens is 2. The summed E-state index contributed by atoms with van der Waals surface area (Å²) in [6, 6.07) is 9.83. The van der Waals surface area contributed by atoms with E-state index >= 15 is 0 Å². The number of rotatable bonds is 7. The van der Waals surface area contributed by atoms with Crippen LogP contribution in [-0.2, 0) is 0 Å². The summed E-state index contributed by atoms with van der Waals surface area (Å²) in [5, 5.41) is 16.3. The zero-order chi connectivity index (χ0) is 16.8. The van der Waals surface area contributed by atoms with E-state index in [0.29, 0.717) is 24.6 Å². The van der Waals surface area contributed by atoms with Gasteiger partial charge in [-0.3, -0.25) is 4.79 Å². The lowest BCUT2D eigenvalue weighted by molar-refractivity contribution is 0.0938. The van der Waals surface area contributed by atoms with Gasteiger partial charge in [0.1, 0.15) is 0 Å². The molecule has 5 nitrogen and oxygen atoms in total. The van der Waals surface area contributed by atoms with E-state index in [0.717, 1.165) is 17.8 Å². The molecule has 1 amide bonds. The van der Waals surface area contributed by atoms with E-state index in [-0.39, 0.29) is 12.5 Å². The molecule has 0 saturated carbocycles. The average molecular weight is 315 g/mol. The molecule has 2 N–H and O–H groups in total. The highest BCUT2D eigenvalue weighted by Gasteiger charge is 2.14. The number of aryl methyl sites for hydroxylation is 2. The lowest BCUT2D eigenvalue weighted by Crippen LogP contribution is -2.30. The first-order valence-electron chi connectivity index (χ1n) is 8.08. The second-order valence-electron chi connectivity index (χ2n) is 5.91. The molecule has 0 fully saturated rings. The highest BCUT2D eigenvalue weighted by molar-refractivity contribution is 5.92. The number of carbonyl (C=O) groups excluding carboxylic acids is 1. The summed E-state index contributed by atoms with van der Waals surface area (Å²) in [4.78, 5) is 12.3. The molecule has 0 saturated heterocycles. The van der Waals surface area contributed by atoms with Gasteiger partial charge in [0.2, 0.25) is 0 Å². The molecule has 2 aromatic rings. The molecular weight excluding hydrogens is 290 g/mol. The molecule has 1 heterocycles. The van der Waals surface area contributed by atoms with Gasteiger partial charge in [-0.05, 0) is 44.4 Å². The number of carbonyl (C=O) groups is 1. The van der Waals surface area contributed by atoms with Crippen molar-refractivity contribution in [3.8, 4) is 5.69 Å². The van der Waals surface area contributed by atoms with Crippen LogP contribution in [0.3, 0.4) is 0 Å². The summed E-state index contributed by atoms with van der Waals surface area (Å²) >= 11 is 0. The summed E-state index contributed by atoms with van der Waals surface area (Å²) < 4.78 is 1.78. The zero-order valence-corrected chi connectivity index (χ0v) is 14.0. The molecule has 0 aliphatic rings. The quantitative estimate of drug-likeness (QED) is 0.825. The third kappa shape index (κ3) is 4.42. The van der Waals surface area contributed by atoms with Crippen molar-refractivity contribution in [2.45, 2.75) is 33.6 Å². The maximum absolute atomic E-state index is 12.3. The summed E-state index contributed by atoms with van der Waals surface area (Å²) in [7, 11) is 0. The lowest BCUT2D eigenvalue weighted by Gasteiger charge is -2.13. The molecule has 2 rings (SSSR count). The maximum atomic E-state index is 12.3. The maximum Gasteiger partial charge on any atom is 0.271 e. The molecular formula is C18H25N3O2. The normalized spacial score (nSPS) is 12.2. The zero-order valence-electron chi connectivity index (χ0n) is 14.0. The van der Waals surface area contributed by atoms with Gasteiger partial charge in [-0.15, -0.1) is 0 Å². The molecule has 1 atom stereocenters. The van der Waals surface area contributed by atoms with Crippen LogP contribution in [0.2, 0.25) is 0 Å². The van der Waals surface area contributed by atoms with Crippen molar-refractivity contribution in [3.63, 3.8) is 0 Å². The summed E-state index contributed by atoms with van der Waals surface area (Å²) in [5.41, 5.74) is 3.47. The minimum absolute atomic E-state index is 0.148. The minimum atomic E-state index is -0.171. The second kappa shape index (κ2) is 7.92. The van der Waals surface area contributed by atoms with Gasteiger partial charge < -0.3 is 10.4 Å². The first-order valence-corrected chi connectivity index (χ1v) is 8.08. The number of aliphatic hydroxyl groups excluding tert-OH is 1. The summed E-state index contributed by atoms with van der Waals surface area (Å²) in [6.07, 6.45) is 1.63. The molecule has 0 bridgehead atoms. The number of aliphatic hydroxyl groups is 1. The van der Waals surface area contributed by atoms with E-state index in [9.17, 15) is 4.79 Å². The van der Waals surface area contributed by atoms with E-state index in [2.05, 4.69) is 17.3 Å². The molecule has 1 aromatic carbocycles. The van der Waals surface area contributed by atoms with Gasteiger partial charge in [0.05, 0.1) is 5.69 Å². The van der Waals surface area contributed by atoms with E-state index in [4.69, 9.17) is 5.11 Å². The Kier molecular flexibility index (Phi) is 5.93. The molecule has 124 valence electrons. The van der Waals surface area contributed by atoms with Gasteiger partial charge in [-0.1, -0.05) is 31.0 Å². The standard InChI is InChI=1S/C18H25N3O2/c1-4-15(9-10-22)12-19-18(23)17-11-14(3)21(20-17)16-7-5-13(2)6-8-16/h5-8,11,15,22H,4,9-10,12H2,1-3H3,(H,19,23). The summed E-state index contributed by atoms with van der Waals surface area (Å²) in [6.45, 7) is 6.74. The van der Waals surface area contributed by atoms with Crippen molar-refractivity contribution in [2.24, 2.45) is 5.92 Å². The average Bonchev–Trinajstić information content (AvgIpc) is 2.94. The Balaban J connectivity index is 2.07. The van der Waals surface area contributed by atoms with Crippen molar-refractivity contribution in [3.05, 3.63) is 47.3 Å². The predicted octanol–water partition coefficient (Wildman–Crippen LogP) is 2.63. The smallest absolute Gasteiger partial charge is 0.271 e. The Labute approximate surface area is 137 Å². The first-order chi connectivity index (χ1) is 11.0. The van der Waals surface area contributed by atoms with Crippen LogP contribution in [0.1, 0.15) is 41.5 Å². The Morgan fingerprint density at radius 3 is 2.61 bits per heavy atom. The van der Waals surface area contributed by atoms with Gasteiger partial charge in [-0.25, -0.2) is 4.68 Å². The fourth-order valence-electron chi connectivity index (χ4n) is 2.49. The Hall–Kier alpha value is -2.14. The Morgan fingerprint density at radius 1 is 1.30 bits per heavy atom. The Bertz CT molecular complexity index is 647. The van der Waals surface area contributed by atoms with Crippen molar-refractivity contribution >= 4 is 5.91 Å². The molecule has 0 spiro atoms. The van der Waals surface area contributed by atoms with Crippen molar-refractivity contribution in [2.75, 3.05) is 13.2 Å². The molecule has 0 aliphatic carbocycles. The molecule has 23 heavy (non-hydrogen) atoms. The van der Waals surface area contributed by atoms with Crippen LogP contribution in [0.25, 0.3) is 5.69 Å². The lowest BCUT2D eigenvalue weighted by atomic mass is 10.0. The third-order valence-electron chi connectivity index (χ3n) is 4.06. The highest BCUT2D eigenvalue weighted by Crippen LogP contribution is 2.13. The van der Waals surface area contributed by atoms with Crippen LogP contribution in [0.15, 0.2) is 30.3 Å². The minimum Gasteiger partial charge on any atom is -0.396 e. The van der Waals surface area contributed by atoms with Gasteiger partial charge in [0.25, 0.3) is 5.91 Å². The predicted molar refractivity (Wildman–Crippen MR) is 90.9 cm³/mol. The third-order valence-corrected chi connectivity index (χ3v) is 4.06. The van der Waals surface area contributed by atoms with Crippen LogP contribution >= 0.6 is 0 Å². The highest BCUT2D eigenvalue weighted by atomic mass is 16.3. The summed E-state index contributed by atoms with van der Waals surface area (Å²) in [5.74, 6) is 0.125. The van der Waals surface area contributed by atoms with Crippen LogP contribution in [-0.4, -0.2) is 33.9 Å². The second-order valence-corrected chi connectivity index (χ2v) is 5.91. The number of benzene rings is 1. The van der Waals surface area contributed by atoms with Crippen LogP contribution < -0.4 is 5.32 Å². The van der Waals surface area contributed by atoms with E-state index < -0.39 is 0 Å². The molecule has 1 aromatic heterocycles. The van der Waals surface area contributed by atoms with Crippen molar-refractivity contribution in [1.29, 1.82) is 0 Å². The number of amides is 1. The first kappa shape index (κ1) is 17.2. The largest absolute Gasteiger partial charge is 0.396 e. The molecule has 5 heteroatoms. The fraction of sp³-hybridized carbons (Fsp3) is 0.444. The number of nitrogens with zero attached hydrogens (tertiary/aromatic N) is 2. The van der Waals surface area contributed by atoms with Gasteiger partial charge in [0, 0.05) is 18.8 Å². The van der Waals surface area contributed by atoms with E-state index in [1.54, 1.807) is 10.7 Å². The van der Waals surface area contributed by atoms with E-state index in [1.165, 1.54) is 5.56 Å². The van der Waals surface area contributed by atoms with Crippen molar-refractivity contribution in [1.82, 2.24) is 15.1 Å². The van der Waals surface area contributed by atoms with Crippen LogP contribution in [0.5, 0.6) is 0 Å². The van der Waals surface area contributed by atoms with Crippen molar-refractivity contribution < 1.29 is 9.90 Å². The molecule has 0 aliphatic heterocycles. The monoisotopic (exact) mass is 315 g/mol. The molecule has 1 unspecified atom stereocenters. The van der Waals surface area contributed by atoms with E-state index in [1.807, 2.05) is 38.1 Å². The van der Waals surface area contributed by atoms with Gasteiger partial charge in [-0.2, -0.15) is 5.10 Å². The topological polar surface area (TPSA) is 67.2 Å². The molecule has 0 radical (unpaired) electrons. The Morgan fingerprint density at radius 2 is 2.00 bits per heavy atom.